The minimum absolute atomic E-state index is 0.0177. The van der Waals surface area contributed by atoms with E-state index in [0.717, 1.165) is 96.3 Å². The van der Waals surface area contributed by atoms with Crippen molar-refractivity contribution in [3.63, 3.8) is 0 Å². The second-order valence-corrected chi connectivity index (χ2v) is 20.2. The molecule has 416 valence electrons. The first-order valence-corrected chi connectivity index (χ1v) is 29.7. The van der Waals surface area contributed by atoms with E-state index in [0.29, 0.717) is 13.0 Å². The van der Waals surface area contributed by atoms with E-state index >= 15 is 0 Å². The highest BCUT2D eigenvalue weighted by Gasteiger charge is 2.48. The van der Waals surface area contributed by atoms with Crippen LogP contribution in [0.4, 0.5) is 0 Å². The van der Waals surface area contributed by atoms with Gasteiger partial charge in [0.1, 0.15) is 30.5 Å². The molecule has 1 aliphatic rings. The van der Waals surface area contributed by atoms with Gasteiger partial charge in [-0.2, -0.15) is 8.42 Å². The minimum atomic E-state index is -5.08. The first-order chi connectivity index (χ1) is 35.1. The van der Waals surface area contributed by atoms with Gasteiger partial charge in [-0.25, -0.2) is 4.18 Å². The summed E-state index contributed by atoms with van der Waals surface area (Å²) >= 11 is 0. The molecule has 6 atom stereocenters. The van der Waals surface area contributed by atoms with Crippen LogP contribution in [-0.2, 0) is 38.3 Å². The standard InChI is InChI=1S/C59H102O12S/c1-3-5-7-9-11-13-15-17-19-21-23-25-26-27-29-31-33-35-37-39-41-43-45-47-49-67-51-53(52-68-59-57(63)58(71-72(64,65)66)56(62)54(50-60)70-59)69-55(61)48-46-44-42-40-38-36-34-32-30-28-24-22-20-18-16-14-12-10-8-6-4-2/h5,7,11,13,17,19,22-25,27,29,33,35,53-54,56-60,62-63H,3-4,6,8-10,12,14-16,18,20-21,26,28,30-32,34,36-52H2,1-2H3,(H,64,65,66)/b7-5-,13-11-,19-17-,24-22-,25-23-,29-27-,35-33-. The van der Waals surface area contributed by atoms with Gasteiger partial charge >= 0.3 is 16.4 Å². The van der Waals surface area contributed by atoms with Gasteiger partial charge in [0.25, 0.3) is 0 Å². The normalized spacial score (nSPS) is 19.6. The van der Waals surface area contributed by atoms with Crippen LogP contribution in [0.2, 0.25) is 0 Å². The van der Waals surface area contributed by atoms with Crippen molar-refractivity contribution in [2.75, 3.05) is 26.4 Å². The van der Waals surface area contributed by atoms with Gasteiger partial charge in [-0.3, -0.25) is 9.35 Å². The molecule has 1 heterocycles. The van der Waals surface area contributed by atoms with Crippen LogP contribution in [0.15, 0.2) is 85.1 Å². The fraction of sp³-hybridized carbons (Fsp3) is 0.746. The lowest BCUT2D eigenvalue weighted by Gasteiger charge is -2.41. The summed E-state index contributed by atoms with van der Waals surface area (Å²) in [6, 6.07) is 0. The Morgan fingerprint density at radius 3 is 1.42 bits per heavy atom. The molecule has 0 saturated carbocycles. The van der Waals surface area contributed by atoms with E-state index < -0.39 is 59.8 Å². The maximum Gasteiger partial charge on any atom is 0.397 e. The van der Waals surface area contributed by atoms with Crippen molar-refractivity contribution >= 4 is 16.4 Å². The molecule has 0 spiro atoms. The average Bonchev–Trinajstić information content (AvgIpc) is 3.36. The van der Waals surface area contributed by atoms with Gasteiger partial charge in [0.2, 0.25) is 0 Å². The SMILES string of the molecule is CC/C=C\C/C=C\C/C=C\C/C=C\C/C=C\C/C=C\CCCCCCCOCC(COC1OC(CO)C(O)C(OS(=O)(=O)O)C1O)OC(=O)CCCCCCCCCCC/C=C\CCCCCCCCCC. The van der Waals surface area contributed by atoms with E-state index in [9.17, 15) is 33.1 Å². The van der Waals surface area contributed by atoms with Gasteiger partial charge in [0, 0.05) is 13.0 Å². The minimum Gasteiger partial charge on any atom is -0.457 e. The van der Waals surface area contributed by atoms with E-state index in [1.165, 1.54) is 96.3 Å². The number of hydrogen-bond acceptors (Lipinski definition) is 11. The van der Waals surface area contributed by atoms with Crippen molar-refractivity contribution in [2.24, 2.45) is 0 Å². The van der Waals surface area contributed by atoms with Crippen LogP contribution in [0, 0.1) is 0 Å². The van der Waals surface area contributed by atoms with E-state index in [-0.39, 0.29) is 19.6 Å². The van der Waals surface area contributed by atoms with Gasteiger partial charge < -0.3 is 34.3 Å². The van der Waals surface area contributed by atoms with Crippen molar-refractivity contribution in [1.29, 1.82) is 0 Å². The molecule has 12 nitrogen and oxygen atoms in total. The zero-order valence-electron chi connectivity index (χ0n) is 45.0. The second-order valence-electron chi connectivity index (χ2n) is 19.1. The van der Waals surface area contributed by atoms with Gasteiger partial charge in [-0.05, 0) is 89.9 Å². The third-order valence-electron chi connectivity index (χ3n) is 12.5. The summed E-state index contributed by atoms with van der Waals surface area (Å²) in [6.07, 6.45) is 57.6. The smallest absolute Gasteiger partial charge is 0.397 e. The maximum absolute atomic E-state index is 13.0. The molecular formula is C59H102O12S. The highest BCUT2D eigenvalue weighted by Crippen LogP contribution is 2.26. The van der Waals surface area contributed by atoms with Crippen LogP contribution in [0.25, 0.3) is 0 Å². The molecule has 0 bridgehead atoms. The molecule has 0 amide bonds. The molecule has 0 aromatic heterocycles. The van der Waals surface area contributed by atoms with Crippen molar-refractivity contribution in [1.82, 2.24) is 0 Å². The first kappa shape index (κ1) is 67.3. The van der Waals surface area contributed by atoms with Gasteiger partial charge in [0.05, 0.1) is 19.8 Å². The number of allylic oxidation sites excluding steroid dienone is 14. The average molecular weight is 1040 g/mol. The lowest BCUT2D eigenvalue weighted by atomic mass is 9.99. The van der Waals surface area contributed by atoms with Crippen LogP contribution in [0.1, 0.15) is 219 Å². The van der Waals surface area contributed by atoms with E-state index in [2.05, 4.69) is 103 Å². The summed E-state index contributed by atoms with van der Waals surface area (Å²) < 4.78 is 59.4. The fourth-order valence-electron chi connectivity index (χ4n) is 8.26. The molecule has 1 aliphatic heterocycles. The fourth-order valence-corrected chi connectivity index (χ4v) is 8.77. The van der Waals surface area contributed by atoms with E-state index in [1.807, 2.05) is 0 Å². The second kappa shape index (κ2) is 49.2. The monoisotopic (exact) mass is 1030 g/mol. The molecule has 72 heavy (non-hydrogen) atoms. The number of carbonyl (C=O) groups excluding carboxylic acids is 1. The molecule has 6 unspecified atom stereocenters. The van der Waals surface area contributed by atoms with Crippen molar-refractivity contribution in [3.05, 3.63) is 85.1 Å². The number of aliphatic hydroxyl groups excluding tert-OH is 3. The third kappa shape index (κ3) is 41.6. The Morgan fingerprint density at radius 2 is 0.958 bits per heavy atom. The predicted molar refractivity (Wildman–Crippen MR) is 294 cm³/mol. The number of ether oxygens (including phenoxy) is 4. The number of hydrogen-bond donors (Lipinski definition) is 4. The Balaban J connectivity index is 2.34. The van der Waals surface area contributed by atoms with Crippen LogP contribution in [-0.4, -0.2) is 97.5 Å². The highest BCUT2D eigenvalue weighted by atomic mass is 32.3. The molecule has 1 rings (SSSR count). The van der Waals surface area contributed by atoms with Crippen LogP contribution in [0.3, 0.4) is 0 Å². The van der Waals surface area contributed by atoms with Gasteiger partial charge in [-0.15, -0.1) is 0 Å². The van der Waals surface area contributed by atoms with Crippen LogP contribution in [0.5, 0.6) is 0 Å². The zero-order valence-corrected chi connectivity index (χ0v) is 45.8. The lowest BCUT2D eigenvalue weighted by Crippen LogP contribution is -2.60. The summed E-state index contributed by atoms with van der Waals surface area (Å²) in [7, 11) is -5.08. The van der Waals surface area contributed by atoms with Crippen LogP contribution < -0.4 is 0 Å². The number of unbranched alkanes of at least 4 members (excludes halogenated alkanes) is 22. The van der Waals surface area contributed by atoms with Crippen molar-refractivity contribution in [2.45, 2.75) is 256 Å². The lowest BCUT2D eigenvalue weighted by molar-refractivity contribution is -0.301. The quantitative estimate of drug-likeness (QED) is 0.0196. The molecule has 13 heteroatoms. The number of aliphatic hydroxyl groups is 3. The molecule has 4 N–H and O–H groups in total. The number of carbonyl (C=O) groups is 1. The van der Waals surface area contributed by atoms with Gasteiger partial charge in [-0.1, -0.05) is 208 Å². The van der Waals surface area contributed by atoms with E-state index in [4.69, 9.17) is 18.9 Å². The molecule has 0 aromatic carbocycles. The van der Waals surface area contributed by atoms with E-state index in [1.54, 1.807) is 0 Å². The van der Waals surface area contributed by atoms with Crippen molar-refractivity contribution in [3.8, 4) is 0 Å². The summed E-state index contributed by atoms with van der Waals surface area (Å²) in [5, 5.41) is 30.8. The summed E-state index contributed by atoms with van der Waals surface area (Å²) in [5.41, 5.74) is 0. The molecule has 1 saturated heterocycles. The number of rotatable bonds is 49. The Labute approximate surface area is 438 Å². The topological polar surface area (TPSA) is 178 Å². The van der Waals surface area contributed by atoms with Crippen LogP contribution >= 0.6 is 0 Å². The molecule has 0 aromatic rings. The Kier molecular flexibility index (Phi) is 46.0. The predicted octanol–water partition coefficient (Wildman–Crippen LogP) is 14.0. The number of esters is 1. The Hall–Kier alpha value is -2.72. The first-order valence-electron chi connectivity index (χ1n) is 28.3. The Bertz CT molecular complexity index is 1570. The maximum atomic E-state index is 13.0. The highest BCUT2D eigenvalue weighted by molar-refractivity contribution is 7.80. The Morgan fingerprint density at radius 1 is 0.542 bits per heavy atom. The summed E-state index contributed by atoms with van der Waals surface area (Å²) in [6.45, 7) is 3.84. The largest absolute Gasteiger partial charge is 0.457 e. The summed E-state index contributed by atoms with van der Waals surface area (Å²) in [5.74, 6) is -0.410. The summed E-state index contributed by atoms with van der Waals surface area (Å²) in [4.78, 5) is 13.0. The third-order valence-corrected chi connectivity index (χ3v) is 13.0. The molecule has 1 fully saturated rings. The van der Waals surface area contributed by atoms with Gasteiger partial charge in [0.15, 0.2) is 6.29 Å². The van der Waals surface area contributed by atoms with Crippen molar-refractivity contribution < 1.29 is 56.2 Å². The zero-order chi connectivity index (χ0) is 52.4. The molecule has 0 radical (unpaired) electrons. The molecular weight excluding hydrogens is 933 g/mol. The molecule has 0 aliphatic carbocycles.